The van der Waals surface area contributed by atoms with E-state index in [9.17, 15) is 14.4 Å². The van der Waals surface area contributed by atoms with Crippen molar-refractivity contribution in [2.24, 2.45) is 0 Å². The Balaban J connectivity index is 2.20. The summed E-state index contributed by atoms with van der Waals surface area (Å²) in [5, 5.41) is 0.331. The molecule has 0 aliphatic heterocycles. The molecule has 2 aromatic carbocycles. The van der Waals surface area contributed by atoms with E-state index in [1.54, 1.807) is 24.3 Å². The van der Waals surface area contributed by atoms with E-state index in [1.165, 1.54) is 11.9 Å². The average molecular weight is 279 g/mol. The molecule has 0 saturated carbocycles. The minimum absolute atomic E-state index is 0.000459. The standard InChI is InChI=1S/C13H11ClN2O3/c1-16(6-8-10(15)12(18)11(8)17)13(19)7-4-2-3-5-9(7)14/h2-5H,6,15H2,1H3. The number of hydrogen-bond acceptors (Lipinski definition) is 4. The monoisotopic (exact) mass is 278 g/mol. The number of rotatable bonds is 3. The molecule has 0 heterocycles. The first-order valence-electron chi connectivity index (χ1n) is 5.51. The SMILES string of the molecule is CN(Cc1c(N)c(=O)c1=O)C(=O)c1ccccc1Cl. The fourth-order valence-electron chi connectivity index (χ4n) is 1.76. The van der Waals surface area contributed by atoms with Gasteiger partial charge in [-0.2, -0.15) is 0 Å². The highest BCUT2D eigenvalue weighted by Gasteiger charge is 2.22. The lowest BCUT2D eigenvalue weighted by atomic mass is 10.1. The molecule has 0 saturated heterocycles. The van der Waals surface area contributed by atoms with Crippen LogP contribution in [0.25, 0.3) is 0 Å². The molecular formula is C13H11ClN2O3. The molecule has 5 nitrogen and oxygen atoms in total. The Labute approximate surface area is 113 Å². The highest BCUT2D eigenvalue weighted by molar-refractivity contribution is 6.33. The zero-order valence-electron chi connectivity index (χ0n) is 10.1. The molecule has 0 fully saturated rings. The summed E-state index contributed by atoms with van der Waals surface area (Å²) in [6.45, 7) is 0.000459. The Hall–Kier alpha value is -2.14. The van der Waals surface area contributed by atoms with Crippen molar-refractivity contribution in [3.05, 3.63) is 60.9 Å². The third-order valence-electron chi connectivity index (χ3n) is 2.90. The van der Waals surface area contributed by atoms with E-state index < -0.39 is 10.9 Å². The predicted octanol–water partition coefficient (Wildman–Crippen LogP) is 0.790. The molecule has 0 atom stereocenters. The second-order valence-corrected chi connectivity index (χ2v) is 4.60. The van der Waals surface area contributed by atoms with Gasteiger partial charge >= 0.3 is 0 Å². The van der Waals surface area contributed by atoms with Crippen molar-refractivity contribution < 1.29 is 4.79 Å². The number of nitrogens with two attached hydrogens (primary N) is 1. The third-order valence-corrected chi connectivity index (χ3v) is 3.23. The fraction of sp³-hybridized carbons (Fsp3) is 0.154. The second kappa shape index (κ2) is 4.85. The smallest absolute Gasteiger partial charge is 0.255 e. The van der Waals surface area contributed by atoms with E-state index in [-0.39, 0.29) is 23.7 Å². The van der Waals surface area contributed by atoms with Crippen LogP contribution in [-0.4, -0.2) is 17.9 Å². The molecule has 1 amide bonds. The van der Waals surface area contributed by atoms with Gasteiger partial charge in [-0.1, -0.05) is 23.7 Å². The normalized spacial score (nSPS) is 10.6. The number of nitrogen functional groups attached to an aromatic ring is 1. The summed E-state index contributed by atoms with van der Waals surface area (Å²) in [5.41, 5.74) is 4.55. The van der Waals surface area contributed by atoms with Gasteiger partial charge in [-0.25, -0.2) is 0 Å². The van der Waals surface area contributed by atoms with Crippen molar-refractivity contribution in [2.45, 2.75) is 6.54 Å². The van der Waals surface area contributed by atoms with Gasteiger partial charge in [0.15, 0.2) is 0 Å². The largest absolute Gasteiger partial charge is 0.395 e. The maximum Gasteiger partial charge on any atom is 0.255 e. The van der Waals surface area contributed by atoms with Crippen LogP contribution in [-0.2, 0) is 6.54 Å². The Morgan fingerprint density at radius 3 is 2.47 bits per heavy atom. The van der Waals surface area contributed by atoms with Gasteiger partial charge in [0.25, 0.3) is 5.91 Å². The lowest BCUT2D eigenvalue weighted by molar-refractivity contribution is 0.0785. The summed E-state index contributed by atoms with van der Waals surface area (Å²) >= 11 is 5.92. The number of benzene rings is 1. The van der Waals surface area contributed by atoms with E-state index in [0.29, 0.717) is 10.6 Å². The number of hydrogen-bond donors (Lipinski definition) is 1. The Morgan fingerprint density at radius 1 is 1.26 bits per heavy atom. The van der Waals surface area contributed by atoms with E-state index >= 15 is 0 Å². The number of amides is 1. The molecule has 2 rings (SSSR count). The average Bonchev–Trinajstić information content (AvgIpc) is 2.43. The Morgan fingerprint density at radius 2 is 1.89 bits per heavy atom. The molecule has 0 bridgehead atoms. The zero-order valence-corrected chi connectivity index (χ0v) is 10.9. The first-order chi connectivity index (χ1) is 8.93. The van der Waals surface area contributed by atoms with Crippen molar-refractivity contribution in [2.75, 3.05) is 12.8 Å². The molecule has 0 aliphatic rings. The van der Waals surface area contributed by atoms with Crippen LogP contribution in [0.2, 0.25) is 5.02 Å². The lowest BCUT2D eigenvalue weighted by Crippen LogP contribution is -2.41. The molecule has 2 aromatic rings. The summed E-state index contributed by atoms with van der Waals surface area (Å²) in [6, 6.07) is 6.60. The van der Waals surface area contributed by atoms with Crippen LogP contribution < -0.4 is 16.6 Å². The quantitative estimate of drug-likeness (QED) is 0.842. The van der Waals surface area contributed by atoms with Crippen LogP contribution in [0.4, 0.5) is 5.69 Å². The molecule has 0 aliphatic carbocycles. The molecule has 2 N–H and O–H groups in total. The first kappa shape index (κ1) is 13.3. The topological polar surface area (TPSA) is 80.5 Å². The van der Waals surface area contributed by atoms with Gasteiger partial charge in [0.1, 0.15) is 0 Å². The second-order valence-electron chi connectivity index (χ2n) is 4.19. The number of nitrogens with zero attached hydrogens (tertiary/aromatic N) is 1. The van der Waals surface area contributed by atoms with Crippen molar-refractivity contribution in [3.63, 3.8) is 0 Å². The zero-order chi connectivity index (χ0) is 14.2. The Kier molecular flexibility index (Phi) is 3.40. The van der Waals surface area contributed by atoms with Gasteiger partial charge in [-0.3, -0.25) is 14.4 Å². The minimum Gasteiger partial charge on any atom is -0.395 e. The molecule has 19 heavy (non-hydrogen) atoms. The number of carbonyl (C=O) groups is 1. The van der Waals surface area contributed by atoms with Gasteiger partial charge in [0.05, 0.1) is 28.4 Å². The van der Waals surface area contributed by atoms with Gasteiger partial charge < -0.3 is 10.6 Å². The van der Waals surface area contributed by atoms with Crippen molar-refractivity contribution in [1.82, 2.24) is 4.90 Å². The van der Waals surface area contributed by atoms with Crippen LogP contribution >= 0.6 is 11.6 Å². The van der Waals surface area contributed by atoms with Crippen LogP contribution in [0.5, 0.6) is 0 Å². The van der Waals surface area contributed by atoms with E-state index in [2.05, 4.69) is 0 Å². The molecule has 0 aromatic heterocycles. The van der Waals surface area contributed by atoms with Crippen LogP contribution in [0, 0.1) is 0 Å². The summed E-state index contributed by atoms with van der Waals surface area (Å²) in [4.78, 5) is 35.7. The lowest BCUT2D eigenvalue weighted by Gasteiger charge is -2.19. The van der Waals surface area contributed by atoms with Gasteiger partial charge in [-0.05, 0) is 12.1 Å². The minimum atomic E-state index is -0.686. The summed E-state index contributed by atoms with van der Waals surface area (Å²) < 4.78 is 0. The molecule has 0 radical (unpaired) electrons. The summed E-state index contributed by atoms with van der Waals surface area (Å²) in [6.07, 6.45) is 0. The first-order valence-corrected chi connectivity index (χ1v) is 5.89. The fourth-order valence-corrected chi connectivity index (χ4v) is 1.98. The highest BCUT2D eigenvalue weighted by Crippen LogP contribution is 2.17. The molecule has 6 heteroatoms. The van der Waals surface area contributed by atoms with Crippen molar-refractivity contribution in [1.29, 1.82) is 0 Å². The van der Waals surface area contributed by atoms with Gasteiger partial charge in [0, 0.05) is 7.05 Å². The van der Waals surface area contributed by atoms with E-state index in [0.717, 1.165) is 0 Å². The summed E-state index contributed by atoms with van der Waals surface area (Å²) in [5.74, 6) is -0.335. The Bertz CT molecular complexity index is 717. The number of carbonyl (C=O) groups excluding carboxylic acids is 1. The maximum atomic E-state index is 12.1. The molecule has 98 valence electrons. The number of halogens is 1. The number of anilines is 1. The van der Waals surface area contributed by atoms with Crippen LogP contribution in [0.3, 0.4) is 0 Å². The molecule has 0 unspecified atom stereocenters. The molecule has 0 spiro atoms. The molecular weight excluding hydrogens is 268 g/mol. The van der Waals surface area contributed by atoms with E-state index in [4.69, 9.17) is 17.3 Å². The van der Waals surface area contributed by atoms with Crippen molar-refractivity contribution in [3.8, 4) is 0 Å². The predicted molar refractivity (Wildman–Crippen MR) is 73.0 cm³/mol. The van der Waals surface area contributed by atoms with Gasteiger partial charge in [0.2, 0.25) is 10.9 Å². The van der Waals surface area contributed by atoms with Crippen LogP contribution in [0.15, 0.2) is 33.9 Å². The summed E-state index contributed by atoms with van der Waals surface area (Å²) in [7, 11) is 1.52. The van der Waals surface area contributed by atoms with Crippen LogP contribution in [0.1, 0.15) is 15.9 Å². The highest BCUT2D eigenvalue weighted by atomic mass is 35.5. The van der Waals surface area contributed by atoms with Crippen molar-refractivity contribution >= 4 is 23.2 Å². The van der Waals surface area contributed by atoms with E-state index in [1.807, 2.05) is 0 Å². The maximum absolute atomic E-state index is 12.1. The third kappa shape index (κ3) is 2.24. The van der Waals surface area contributed by atoms with Gasteiger partial charge in [-0.15, -0.1) is 0 Å².